The third kappa shape index (κ3) is 3.10. The van der Waals surface area contributed by atoms with E-state index in [-0.39, 0.29) is 35.0 Å². The number of hydrogen-bond donors (Lipinski definition) is 4. The number of H-pyrrole nitrogens is 1. The van der Waals surface area contributed by atoms with E-state index in [1.165, 1.54) is 4.52 Å². The molecule has 3 heterocycles. The lowest BCUT2D eigenvalue weighted by Crippen LogP contribution is -2.48. The van der Waals surface area contributed by atoms with Gasteiger partial charge in [-0.25, -0.2) is 14.7 Å². The summed E-state index contributed by atoms with van der Waals surface area (Å²) >= 11 is 0. The number of carbonyl (C=O) groups excluding carboxylic acids is 2. The smallest absolute Gasteiger partial charge is 0.378 e. The summed E-state index contributed by atoms with van der Waals surface area (Å²) in [4.78, 5) is 40.2. The summed E-state index contributed by atoms with van der Waals surface area (Å²) in [5.74, 6) is -0.492. The Kier molecular flexibility index (Phi) is 3.93. The van der Waals surface area contributed by atoms with Gasteiger partial charge in [0.15, 0.2) is 5.82 Å². The molecule has 2 aliphatic carbocycles. The van der Waals surface area contributed by atoms with Crippen molar-refractivity contribution in [1.29, 1.82) is 0 Å². The third-order valence-electron chi connectivity index (χ3n) is 5.74. The maximum Gasteiger partial charge on any atom is 0.378 e. The number of nitrogens with zero attached hydrogens (tertiary/aromatic N) is 3. The lowest BCUT2D eigenvalue weighted by Gasteiger charge is -2.26. The minimum Gasteiger partial charge on any atom is -0.477 e. The van der Waals surface area contributed by atoms with Crippen molar-refractivity contribution in [2.45, 2.75) is 71.6 Å². The van der Waals surface area contributed by atoms with Gasteiger partial charge >= 0.3 is 23.1 Å². The van der Waals surface area contributed by atoms with Gasteiger partial charge in [0.05, 0.1) is 13.1 Å². The number of carbonyl (C=O) groups is 2. The van der Waals surface area contributed by atoms with Gasteiger partial charge < -0.3 is 15.3 Å². The average molecular weight is 415 g/mol. The molecule has 0 saturated heterocycles. The number of urea groups is 1. The molecule has 0 aromatic carbocycles. The molecule has 30 heavy (non-hydrogen) atoms. The van der Waals surface area contributed by atoms with E-state index in [1.807, 2.05) is 20.8 Å². The van der Waals surface area contributed by atoms with Crippen LogP contribution in [0.25, 0.3) is 5.65 Å². The predicted octanol–water partition coefficient (Wildman–Crippen LogP) is 1.07. The summed E-state index contributed by atoms with van der Waals surface area (Å²) in [6.07, 6.45) is 3.67. The van der Waals surface area contributed by atoms with Crippen LogP contribution in [0.1, 0.15) is 62.4 Å². The Morgan fingerprint density at radius 2 is 1.93 bits per heavy atom. The lowest BCUT2D eigenvalue weighted by atomic mass is 9.96. The molecule has 3 amide bonds. The fourth-order valence-electron chi connectivity index (χ4n) is 4.02. The number of fused-ring (bicyclic) bond motifs is 3. The van der Waals surface area contributed by atoms with E-state index >= 15 is 0 Å². The monoisotopic (exact) mass is 415 g/mol. The van der Waals surface area contributed by atoms with Crippen molar-refractivity contribution >= 4 is 23.4 Å². The number of aromatic nitrogens is 3. The molecule has 2 saturated carbocycles. The van der Waals surface area contributed by atoms with E-state index in [4.69, 9.17) is 0 Å². The first kappa shape index (κ1) is 19.0. The minimum atomic E-state index is -0.632. The zero-order valence-electron chi connectivity index (χ0n) is 17.4. The van der Waals surface area contributed by atoms with E-state index in [2.05, 4.69) is 15.7 Å². The SMILES string of the molecule is CC(C)(C)C[n+]1c(O)c(C(=O)NC2CC2)c(=O)n2[nH]c3c(c21)CN(C1CC1)C(=O)N3. The molecule has 2 aromatic heterocycles. The molecule has 0 unspecified atom stereocenters. The van der Waals surface area contributed by atoms with Crippen molar-refractivity contribution in [3.05, 3.63) is 21.5 Å². The second-order valence-electron chi connectivity index (χ2n) is 9.81. The molecular formula is C20H27N6O4+. The van der Waals surface area contributed by atoms with Crippen molar-refractivity contribution in [3.8, 4) is 5.88 Å². The molecule has 1 aliphatic heterocycles. The van der Waals surface area contributed by atoms with Crippen LogP contribution in [0.3, 0.4) is 0 Å². The van der Waals surface area contributed by atoms with Gasteiger partial charge in [0.25, 0.3) is 5.91 Å². The highest BCUT2D eigenvalue weighted by atomic mass is 16.3. The van der Waals surface area contributed by atoms with Crippen molar-refractivity contribution in [1.82, 2.24) is 19.8 Å². The molecule has 10 heteroatoms. The highest BCUT2D eigenvalue weighted by molar-refractivity contribution is 5.96. The van der Waals surface area contributed by atoms with Gasteiger partial charge in [-0.1, -0.05) is 25.3 Å². The fourth-order valence-corrected chi connectivity index (χ4v) is 4.02. The molecule has 2 aromatic rings. The zero-order chi connectivity index (χ0) is 21.4. The van der Waals surface area contributed by atoms with Crippen LogP contribution in [0.4, 0.5) is 10.6 Å². The molecular weight excluding hydrogens is 388 g/mol. The largest absolute Gasteiger partial charge is 0.477 e. The first-order chi connectivity index (χ1) is 14.1. The van der Waals surface area contributed by atoms with Crippen molar-refractivity contribution in [2.75, 3.05) is 5.32 Å². The number of hydrogen-bond acceptors (Lipinski definition) is 4. The number of rotatable bonds is 4. The van der Waals surface area contributed by atoms with Crippen LogP contribution in [-0.4, -0.2) is 43.6 Å². The number of aromatic hydroxyl groups is 1. The second kappa shape index (κ2) is 6.23. The Bertz CT molecular complexity index is 1130. The zero-order valence-corrected chi connectivity index (χ0v) is 17.4. The summed E-state index contributed by atoms with van der Waals surface area (Å²) in [6.45, 7) is 6.77. The molecule has 2 fully saturated rings. The molecule has 4 N–H and O–H groups in total. The van der Waals surface area contributed by atoms with Crippen LogP contribution in [-0.2, 0) is 13.1 Å². The molecule has 160 valence electrons. The predicted molar refractivity (Wildman–Crippen MR) is 107 cm³/mol. The van der Waals surface area contributed by atoms with Gasteiger partial charge in [-0.2, -0.15) is 4.57 Å². The summed E-state index contributed by atoms with van der Waals surface area (Å²) in [5.41, 5.74) is 0.0473. The van der Waals surface area contributed by atoms with Crippen LogP contribution >= 0.6 is 0 Å². The van der Waals surface area contributed by atoms with Gasteiger partial charge in [-0.05, 0) is 31.1 Å². The normalized spacial score (nSPS) is 19.0. The maximum atomic E-state index is 13.2. The molecule has 0 atom stereocenters. The van der Waals surface area contributed by atoms with E-state index in [1.54, 1.807) is 9.47 Å². The van der Waals surface area contributed by atoms with Gasteiger partial charge in [0.1, 0.15) is 5.56 Å². The standard InChI is InChI=1S/C20H26N6O4/c1-20(2,3)9-25-16-12-8-24(11-6-7-11)19(30)22-14(12)23-26(16)18(29)13(17(25)28)15(27)21-10-4-5-10/h10-11H,4-9H2,1-3H3,(H3,21,22,23,27,28,29,30)/p+1. The van der Waals surface area contributed by atoms with Gasteiger partial charge in [-0.15, -0.1) is 0 Å². The molecule has 5 rings (SSSR count). The molecule has 10 nitrogen and oxygen atoms in total. The van der Waals surface area contributed by atoms with E-state index in [0.29, 0.717) is 24.6 Å². The van der Waals surface area contributed by atoms with Gasteiger partial charge in [0, 0.05) is 12.1 Å². The number of nitrogens with one attached hydrogen (secondary N) is 3. The molecule has 0 radical (unpaired) electrons. The number of amides is 3. The highest BCUT2D eigenvalue weighted by Crippen LogP contribution is 2.34. The first-order valence-electron chi connectivity index (χ1n) is 10.4. The summed E-state index contributed by atoms with van der Waals surface area (Å²) < 4.78 is 2.88. The maximum absolute atomic E-state index is 13.2. The minimum absolute atomic E-state index is 0.0521. The Labute approximate surface area is 172 Å². The molecule has 0 spiro atoms. The van der Waals surface area contributed by atoms with Gasteiger partial charge in [-0.3, -0.25) is 10.1 Å². The van der Waals surface area contributed by atoms with Crippen molar-refractivity contribution < 1.29 is 19.3 Å². The molecule has 3 aliphatic rings. The molecule has 0 bridgehead atoms. The highest BCUT2D eigenvalue weighted by Gasteiger charge is 2.42. The van der Waals surface area contributed by atoms with Crippen molar-refractivity contribution in [3.63, 3.8) is 0 Å². The Morgan fingerprint density at radius 1 is 1.23 bits per heavy atom. The third-order valence-corrected chi connectivity index (χ3v) is 5.74. The average Bonchev–Trinajstić information content (AvgIpc) is 3.56. The first-order valence-corrected chi connectivity index (χ1v) is 10.4. The van der Waals surface area contributed by atoms with Gasteiger partial charge in [0.2, 0.25) is 5.56 Å². The Morgan fingerprint density at radius 3 is 2.53 bits per heavy atom. The van der Waals surface area contributed by atoms with Crippen LogP contribution in [0, 0.1) is 5.41 Å². The van der Waals surface area contributed by atoms with Crippen LogP contribution in [0.15, 0.2) is 4.79 Å². The summed E-state index contributed by atoms with van der Waals surface area (Å²) in [5, 5.41) is 19.6. The van der Waals surface area contributed by atoms with E-state index < -0.39 is 11.5 Å². The Balaban J connectivity index is 1.72. The second-order valence-corrected chi connectivity index (χ2v) is 9.81. The number of anilines is 1. The fraction of sp³-hybridized carbons (Fsp3) is 0.600. The van der Waals surface area contributed by atoms with E-state index in [9.17, 15) is 19.5 Å². The lowest BCUT2D eigenvalue weighted by molar-refractivity contribution is -0.692. The topological polar surface area (TPSA) is 123 Å². The quantitative estimate of drug-likeness (QED) is 0.558. The van der Waals surface area contributed by atoms with E-state index in [0.717, 1.165) is 31.2 Å². The van der Waals surface area contributed by atoms with Crippen LogP contribution in [0.5, 0.6) is 5.88 Å². The van der Waals surface area contributed by atoms with Crippen molar-refractivity contribution in [2.24, 2.45) is 5.41 Å². The number of aromatic amines is 1. The van der Waals surface area contributed by atoms with Crippen LogP contribution < -0.4 is 20.8 Å². The summed E-state index contributed by atoms with van der Waals surface area (Å²) in [7, 11) is 0. The van der Waals surface area contributed by atoms with Crippen LogP contribution in [0.2, 0.25) is 0 Å². The summed E-state index contributed by atoms with van der Waals surface area (Å²) in [6, 6.07) is 0.0484. The Hall–Kier alpha value is -3.04.